The molecule has 0 aliphatic carbocycles. The molecule has 0 fully saturated rings. The van der Waals surface area contributed by atoms with Crippen molar-refractivity contribution in [1.29, 1.82) is 0 Å². The van der Waals surface area contributed by atoms with Crippen LogP contribution in [-0.4, -0.2) is 15.5 Å². The monoisotopic (exact) mass is 409 g/mol. The molecular formula is C13H13BrClNO3S2. The lowest BCUT2D eigenvalue weighted by atomic mass is 10.3. The zero-order valence-corrected chi connectivity index (χ0v) is 15.2. The second-order valence-corrected chi connectivity index (χ2v) is 8.60. The summed E-state index contributed by atoms with van der Waals surface area (Å²) in [6.07, 6.45) is 0. The van der Waals surface area contributed by atoms with Crippen molar-refractivity contribution in [3.63, 3.8) is 0 Å². The standard InChI is InChI=1S/C13H13BrClNO3S2/c1-8(12-5-6-13(15)20-12)16-21(17,18)9-3-4-11(19-2)10(14)7-9/h3-8,16H,1-2H3. The molecule has 0 saturated carbocycles. The van der Waals surface area contributed by atoms with Gasteiger partial charge in [-0.05, 0) is 53.2 Å². The van der Waals surface area contributed by atoms with Crippen LogP contribution < -0.4 is 9.46 Å². The number of halogens is 2. The summed E-state index contributed by atoms with van der Waals surface area (Å²) < 4.78 is 33.7. The van der Waals surface area contributed by atoms with Gasteiger partial charge in [0.15, 0.2) is 0 Å². The maximum absolute atomic E-state index is 12.4. The third kappa shape index (κ3) is 3.98. The Balaban J connectivity index is 2.24. The average Bonchev–Trinajstić information content (AvgIpc) is 2.85. The van der Waals surface area contributed by atoms with E-state index in [9.17, 15) is 8.42 Å². The van der Waals surface area contributed by atoms with Gasteiger partial charge in [0, 0.05) is 4.88 Å². The molecule has 1 atom stereocenters. The molecule has 114 valence electrons. The minimum Gasteiger partial charge on any atom is -0.496 e. The van der Waals surface area contributed by atoms with Crippen LogP contribution in [-0.2, 0) is 10.0 Å². The molecular weight excluding hydrogens is 398 g/mol. The average molecular weight is 411 g/mol. The van der Waals surface area contributed by atoms with Crippen LogP contribution in [0, 0.1) is 0 Å². The van der Waals surface area contributed by atoms with Crippen LogP contribution in [0.2, 0.25) is 4.34 Å². The Hall–Kier alpha value is -0.600. The highest BCUT2D eigenvalue weighted by Gasteiger charge is 2.20. The van der Waals surface area contributed by atoms with Crippen LogP contribution in [0.3, 0.4) is 0 Å². The van der Waals surface area contributed by atoms with E-state index in [2.05, 4.69) is 20.7 Å². The van der Waals surface area contributed by atoms with Crippen molar-refractivity contribution in [3.05, 3.63) is 44.0 Å². The molecule has 21 heavy (non-hydrogen) atoms. The number of ether oxygens (including phenoxy) is 1. The number of thiophene rings is 1. The van der Waals surface area contributed by atoms with Crippen LogP contribution >= 0.6 is 38.9 Å². The Morgan fingerprint density at radius 1 is 1.33 bits per heavy atom. The Morgan fingerprint density at radius 2 is 2.05 bits per heavy atom. The second-order valence-electron chi connectivity index (χ2n) is 4.28. The lowest BCUT2D eigenvalue weighted by molar-refractivity contribution is 0.411. The van der Waals surface area contributed by atoms with Crippen molar-refractivity contribution in [2.24, 2.45) is 0 Å². The summed E-state index contributed by atoms with van der Waals surface area (Å²) in [6.45, 7) is 1.78. The van der Waals surface area contributed by atoms with E-state index in [-0.39, 0.29) is 10.9 Å². The SMILES string of the molecule is COc1ccc(S(=O)(=O)NC(C)c2ccc(Cl)s2)cc1Br. The number of hydrogen-bond acceptors (Lipinski definition) is 4. The van der Waals surface area contributed by atoms with Crippen molar-refractivity contribution in [2.75, 3.05) is 7.11 Å². The fraction of sp³-hybridized carbons (Fsp3) is 0.231. The zero-order chi connectivity index (χ0) is 15.6. The Kier molecular flexibility index (Phi) is 5.32. The summed E-state index contributed by atoms with van der Waals surface area (Å²) in [5.74, 6) is 0.576. The lowest BCUT2D eigenvalue weighted by Crippen LogP contribution is -2.26. The van der Waals surface area contributed by atoms with E-state index < -0.39 is 10.0 Å². The molecule has 0 spiro atoms. The zero-order valence-electron chi connectivity index (χ0n) is 11.3. The molecule has 1 heterocycles. The van der Waals surface area contributed by atoms with Crippen molar-refractivity contribution in [2.45, 2.75) is 17.9 Å². The quantitative estimate of drug-likeness (QED) is 0.803. The molecule has 1 aromatic heterocycles. The predicted octanol–water partition coefficient (Wildman–Crippen LogP) is 4.21. The van der Waals surface area contributed by atoms with Crippen LogP contribution in [0.4, 0.5) is 0 Å². The van der Waals surface area contributed by atoms with E-state index in [4.69, 9.17) is 16.3 Å². The van der Waals surface area contributed by atoms with Gasteiger partial charge >= 0.3 is 0 Å². The van der Waals surface area contributed by atoms with Gasteiger partial charge in [0.2, 0.25) is 10.0 Å². The first-order valence-corrected chi connectivity index (χ1v) is 9.41. The van der Waals surface area contributed by atoms with Crippen molar-refractivity contribution in [3.8, 4) is 5.75 Å². The maximum atomic E-state index is 12.4. The van der Waals surface area contributed by atoms with Gasteiger partial charge < -0.3 is 4.74 Å². The highest BCUT2D eigenvalue weighted by atomic mass is 79.9. The molecule has 0 saturated heterocycles. The highest BCUT2D eigenvalue weighted by Crippen LogP contribution is 2.30. The molecule has 4 nitrogen and oxygen atoms in total. The van der Waals surface area contributed by atoms with E-state index >= 15 is 0 Å². The third-order valence-electron chi connectivity index (χ3n) is 2.79. The molecule has 0 aliphatic heterocycles. The largest absolute Gasteiger partial charge is 0.496 e. The smallest absolute Gasteiger partial charge is 0.241 e. The first kappa shape index (κ1) is 16.8. The van der Waals surface area contributed by atoms with Gasteiger partial charge in [-0.1, -0.05) is 11.6 Å². The number of sulfonamides is 1. The van der Waals surface area contributed by atoms with E-state index in [0.29, 0.717) is 14.6 Å². The van der Waals surface area contributed by atoms with E-state index in [1.165, 1.54) is 30.6 Å². The van der Waals surface area contributed by atoms with Crippen LogP contribution in [0.1, 0.15) is 17.8 Å². The van der Waals surface area contributed by atoms with E-state index in [1.807, 2.05) is 6.07 Å². The summed E-state index contributed by atoms with van der Waals surface area (Å²) >= 11 is 10.5. The van der Waals surface area contributed by atoms with Crippen molar-refractivity contribution < 1.29 is 13.2 Å². The number of nitrogens with one attached hydrogen (secondary N) is 1. The highest BCUT2D eigenvalue weighted by molar-refractivity contribution is 9.10. The molecule has 0 bridgehead atoms. The minimum atomic E-state index is -3.62. The van der Waals surface area contributed by atoms with Crippen molar-refractivity contribution >= 4 is 48.9 Å². The van der Waals surface area contributed by atoms with E-state index in [0.717, 1.165) is 4.88 Å². The van der Waals surface area contributed by atoms with Crippen molar-refractivity contribution in [1.82, 2.24) is 4.72 Å². The molecule has 8 heteroatoms. The van der Waals surface area contributed by atoms with E-state index in [1.54, 1.807) is 19.1 Å². The van der Waals surface area contributed by atoms with Gasteiger partial charge in [-0.15, -0.1) is 11.3 Å². The molecule has 1 N–H and O–H groups in total. The van der Waals surface area contributed by atoms with Gasteiger partial charge in [-0.3, -0.25) is 0 Å². The van der Waals surface area contributed by atoms with Crippen LogP contribution in [0.15, 0.2) is 39.7 Å². The topological polar surface area (TPSA) is 55.4 Å². The molecule has 2 aromatic rings. The first-order valence-electron chi connectivity index (χ1n) is 5.94. The minimum absolute atomic E-state index is 0.171. The molecule has 0 amide bonds. The summed E-state index contributed by atoms with van der Waals surface area (Å²) in [5.41, 5.74) is 0. The lowest BCUT2D eigenvalue weighted by Gasteiger charge is -2.13. The summed E-state index contributed by atoms with van der Waals surface area (Å²) in [5, 5.41) is 0. The number of hydrogen-bond donors (Lipinski definition) is 1. The van der Waals surface area contributed by atoms with Gasteiger partial charge in [0.1, 0.15) is 5.75 Å². The van der Waals surface area contributed by atoms with Gasteiger partial charge in [-0.25, -0.2) is 13.1 Å². The first-order chi connectivity index (χ1) is 9.83. The summed E-state index contributed by atoms with van der Waals surface area (Å²) in [6, 6.07) is 7.81. The molecule has 0 radical (unpaired) electrons. The molecule has 0 aliphatic rings. The fourth-order valence-electron chi connectivity index (χ4n) is 1.73. The summed E-state index contributed by atoms with van der Waals surface area (Å²) in [7, 11) is -2.09. The van der Waals surface area contributed by atoms with Gasteiger partial charge in [-0.2, -0.15) is 0 Å². The maximum Gasteiger partial charge on any atom is 0.241 e. The number of methoxy groups -OCH3 is 1. The van der Waals surface area contributed by atoms with Gasteiger partial charge in [0.05, 0.1) is 26.9 Å². The predicted molar refractivity (Wildman–Crippen MR) is 88.8 cm³/mol. The van der Waals surface area contributed by atoms with Crippen LogP contribution in [0.25, 0.3) is 0 Å². The van der Waals surface area contributed by atoms with Crippen LogP contribution in [0.5, 0.6) is 5.75 Å². The second kappa shape index (κ2) is 6.66. The number of rotatable bonds is 5. The fourth-order valence-corrected chi connectivity index (χ4v) is 4.81. The third-order valence-corrected chi connectivity index (χ3v) is 6.36. The number of benzene rings is 1. The Labute approximate surface area is 141 Å². The Bertz CT molecular complexity index is 746. The Morgan fingerprint density at radius 3 is 2.57 bits per heavy atom. The van der Waals surface area contributed by atoms with Gasteiger partial charge in [0.25, 0.3) is 0 Å². The summed E-state index contributed by atoms with van der Waals surface area (Å²) in [4.78, 5) is 1.03. The molecule has 1 unspecified atom stereocenters. The molecule has 1 aromatic carbocycles. The normalized spacial score (nSPS) is 13.1. The molecule has 2 rings (SSSR count).